The Hall–Kier alpha value is -2.09. The summed E-state index contributed by atoms with van der Waals surface area (Å²) in [6, 6.07) is 17.1. The Morgan fingerprint density at radius 1 is 0.455 bits per heavy atom. The minimum atomic E-state index is 0.816. The summed E-state index contributed by atoms with van der Waals surface area (Å²) in [7, 11) is 0. The zero-order valence-electron chi connectivity index (χ0n) is 29.1. The van der Waals surface area contributed by atoms with Crippen LogP contribution in [0, 0.1) is 0 Å². The lowest BCUT2D eigenvalue weighted by atomic mass is 10.0. The van der Waals surface area contributed by atoms with Gasteiger partial charge in [-0.05, 0) is 66.8 Å². The monoisotopic (exact) mass is 604 g/mol. The summed E-state index contributed by atoms with van der Waals surface area (Å²) in [6.45, 7) is 5.40. The Balaban J connectivity index is 1.45. The van der Waals surface area contributed by atoms with Crippen LogP contribution < -0.4 is 4.74 Å². The molecule has 2 heteroatoms. The SMILES string of the molecule is CCCCCCCCCCCCCCCOc1ccc(C=Nc2ccc(CCCCCCCCCCCCCC)cc2)cc1. The summed E-state index contributed by atoms with van der Waals surface area (Å²) in [5.74, 6) is 0.961. The van der Waals surface area contributed by atoms with Crippen LogP contribution in [-0.4, -0.2) is 12.8 Å². The first-order valence-corrected chi connectivity index (χ1v) is 19.2. The van der Waals surface area contributed by atoms with Gasteiger partial charge in [0.2, 0.25) is 0 Å². The van der Waals surface area contributed by atoms with Crippen LogP contribution in [0.15, 0.2) is 53.5 Å². The molecule has 0 fully saturated rings. The van der Waals surface area contributed by atoms with E-state index in [-0.39, 0.29) is 0 Å². The largest absolute Gasteiger partial charge is 0.494 e. The Morgan fingerprint density at radius 2 is 0.864 bits per heavy atom. The molecular weight excluding hydrogens is 534 g/mol. The number of aryl methyl sites for hydroxylation is 1. The minimum Gasteiger partial charge on any atom is -0.494 e. The van der Waals surface area contributed by atoms with Crippen molar-refractivity contribution in [2.75, 3.05) is 6.61 Å². The summed E-state index contributed by atoms with van der Waals surface area (Å²) in [4.78, 5) is 4.69. The fourth-order valence-electron chi connectivity index (χ4n) is 6.03. The maximum atomic E-state index is 5.98. The van der Waals surface area contributed by atoms with Crippen LogP contribution in [0.2, 0.25) is 0 Å². The molecule has 0 saturated carbocycles. The lowest BCUT2D eigenvalue weighted by Gasteiger charge is -2.07. The summed E-state index contributed by atoms with van der Waals surface area (Å²) in [6.07, 6.45) is 37.9. The molecule has 0 atom stereocenters. The maximum Gasteiger partial charge on any atom is 0.119 e. The standard InChI is InChI=1S/C42H69NO/c1-3-5-7-9-11-13-15-17-19-21-23-25-27-37-44-42-35-31-40(32-36-42)38-43-41-33-29-39(30-34-41)28-26-24-22-20-18-16-14-12-10-8-6-4-2/h29-36,38H,3-28,37H2,1-2H3. The maximum absolute atomic E-state index is 5.98. The molecule has 0 aliphatic carbocycles. The van der Waals surface area contributed by atoms with Gasteiger partial charge in [0, 0.05) is 6.21 Å². The van der Waals surface area contributed by atoms with Crippen molar-refractivity contribution in [2.24, 2.45) is 4.99 Å². The highest BCUT2D eigenvalue weighted by molar-refractivity contribution is 5.82. The van der Waals surface area contributed by atoms with Gasteiger partial charge in [-0.1, -0.05) is 174 Å². The van der Waals surface area contributed by atoms with E-state index in [2.05, 4.69) is 67.4 Å². The molecule has 0 unspecified atom stereocenters. The van der Waals surface area contributed by atoms with Crippen LogP contribution in [0.1, 0.15) is 185 Å². The number of nitrogens with zero attached hydrogens (tertiary/aromatic N) is 1. The van der Waals surface area contributed by atoms with Crippen LogP contribution in [0.4, 0.5) is 5.69 Å². The van der Waals surface area contributed by atoms with Gasteiger partial charge in [-0.15, -0.1) is 0 Å². The number of unbranched alkanes of at least 4 members (excludes halogenated alkanes) is 23. The van der Waals surface area contributed by atoms with Gasteiger partial charge in [0.1, 0.15) is 5.75 Å². The van der Waals surface area contributed by atoms with Crippen molar-refractivity contribution >= 4 is 11.9 Å². The van der Waals surface area contributed by atoms with Crippen LogP contribution in [0.25, 0.3) is 0 Å². The second-order valence-corrected chi connectivity index (χ2v) is 13.2. The van der Waals surface area contributed by atoms with Crippen LogP contribution >= 0.6 is 0 Å². The molecule has 0 bridgehead atoms. The van der Waals surface area contributed by atoms with Crippen LogP contribution in [0.5, 0.6) is 5.75 Å². The van der Waals surface area contributed by atoms with Crippen molar-refractivity contribution in [3.8, 4) is 5.75 Å². The normalized spacial score (nSPS) is 11.5. The first-order chi connectivity index (χ1) is 21.8. The Kier molecular flexibility index (Phi) is 24.6. The molecule has 2 aromatic rings. The lowest BCUT2D eigenvalue weighted by Crippen LogP contribution is -1.97. The van der Waals surface area contributed by atoms with Gasteiger partial charge < -0.3 is 4.74 Å². The lowest BCUT2D eigenvalue weighted by molar-refractivity contribution is 0.304. The van der Waals surface area contributed by atoms with E-state index in [1.54, 1.807) is 0 Å². The number of rotatable bonds is 30. The molecule has 0 spiro atoms. The first-order valence-electron chi connectivity index (χ1n) is 19.2. The van der Waals surface area contributed by atoms with E-state index in [4.69, 9.17) is 4.74 Å². The van der Waals surface area contributed by atoms with Crippen molar-refractivity contribution in [1.82, 2.24) is 0 Å². The molecule has 0 aliphatic heterocycles. The molecule has 0 N–H and O–H groups in total. The van der Waals surface area contributed by atoms with Crippen molar-refractivity contribution < 1.29 is 4.74 Å². The highest BCUT2D eigenvalue weighted by atomic mass is 16.5. The van der Waals surface area contributed by atoms with Crippen LogP contribution in [0.3, 0.4) is 0 Å². The molecule has 0 amide bonds. The minimum absolute atomic E-state index is 0.816. The van der Waals surface area contributed by atoms with E-state index in [0.717, 1.165) is 30.0 Å². The van der Waals surface area contributed by atoms with E-state index < -0.39 is 0 Å². The third-order valence-corrected chi connectivity index (χ3v) is 9.01. The molecule has 0 heterocycles. The summed E-state index contributed by atoms with van der Waals surface area (Å²) in [5.41, 5.74) is 3.56. The predicted molar refractivity (Wildman–Crippen MR) is 196 cm³/mol. The van der Waals surface area contributed by atoms with Gasteiger partial charge in [0.15, 0.2) is 0 Å². The Labute approximate surface area is 273 Å². The third-order valence-electron chi connectivity index (χ3n) is 9.01. The van der Waals surface area contributed by atoms with Gasteiger partial charge in [-0.3, -0.25) is 4.99 Å². The smallest absolute Gasteiger partial charge is 0.119 e. The van der Waals surface area contributed by atoms with Crippen molar-refractivity contribution in [3.63, 3.8) is 0 Å². The highest BCUT2D eigenvalue weighted by Crippen LogP contribution is 2.18. The number of hydrogen-bond donors (Lipinski definition) is 0. The number of ether oxygens (including phenoxy) is 1. The van der Waals surface area contributed by atoms with Gasteiger partial charge in [-0.2, -0.15) is 0 Å². The predicted octanol–water partition coefficient (Wildman–Crippen LogP) is 14.2. The molecule has 0 radical (unpaired) electrons. The van der Waals surface area contributed by atoms with Crippen molar-refractivity contribution in [2.45, 2.75) is 181 Å². The molecule has 2 nitrogen and oxygen atoms in total. The second kappa shape index (κ2) is 28.4. The molecule has 248 valence electrons. The van der Waals surface area contributed by atoms with E-state index in [0.29, 0.717) is 0 Å². The highest BCUT2D eigenvalue weighted by Gasteiger charge is 1.99. The second-order valence-electron chi connectivity index (χ2n) is 13.2. The Bertz CT molecular complexity index is 900. The van der Waals surface area contributed by atoms with E-state index >= 15 is 0 Å². The molecule has 0 aromatic heterocycles. The van der Waals surface area contributed by atoms with Gasteiger partial charge in [0.05, 0.1) is 12.3 Å². The van der Waals surface area contributed by atoms with Gasteiger partial charge in [0.25, 0.3) is 0 Å². The topological polar surface area (TPSA) is 21.6 Å². The van der Waals surface area contributed by atoms with E-state index in [1.165, 1.54) is 166 Å². The summed E-state index contributed by atoms with van der Waals surface area (Å²) >= 11 is 0. The molecule has 2 rings (SSSR count). The van der Waals surface area contributed by atoms with Crippen molar-refractivity contribution in [1.29, 1.82) is 0 Å². The summed E-state index contributed by atoms with van der Waals surface area (Å²) in [5, 5.41) is 0. The molecule has 2 aromatic carbocycles. The van der Waals surface area contributed by atoms with E-state index in [9.17, 15) is 0 Å². The van der Waals surface area contributed by atoms with E-state index in [1.807, 2.05) is 6.21 Å². The first kappa shape index (κ1) is 38.1. The van der Waals surface area contributed by atoms with Gasteiger partial charge in [-0.25, -0.2) is 0 Å². The quantitative estimate of drug-likeness (QED) is 0.0643. The molecular formula is C42H69NO. The van der Waals surface area contributed by atoms with Crippen LogP contribution in [-0.2, 0) is 6.42 Å². The number of hydrogen-bond acceptors (Lipinski definition) is 2. The average molecular weight is 604 g/mol. The molecule has 0 aliphatic rings. The summed E-state index contributed by atoms with van der Waals surface area (Å²) < 4.78 is 5.98. The fraction of sp³-hybridized carbons (Fsp3) is 0.690. The Morgan fingerprint density at radius 3 is 1.32 bits per heavy atom. The zero-order valence-corrected chi connectivity index (χ0v) is 29.1. The van der Waals surface area contributed by atoms with Gasteiger partial charge >= 0.3 is 0 Å². The molecule has 44 heavy (non-hydrogen) atoms. The average Bonchev–Trinajstić information content (AvgIpc) is 3.05. The number of benzene rings is 2. The zero-order chi connectivity index (χ0) is 31.2. The number of aliphatic imine (C=N–C) groups is 1. The molecule has 0 saturated heterocycles. The fourth-order valence-corrected chi connectivity index (χ4v) is 6.03. The van der Waals surface area contributed by atoms with Crippen molar-refractivity contribution in [3.05, 3.63) is 59.7 Å². The third kappa shape index (κ3) is 21.6.